The molecule has 0 saturated carbocycles. The molecule has 1 aromatic carbocycles. The van der Waals surface area contributed by atoms with Gasteiger partial charge in [-0.1, -0.05) is 13.0 Å². The summed E-state index contributed by atoms with van der Waals surface area (Å²) in [5.41, 5.74) is 0.988. The molecule has 0 heterocycles. The van der Waals surface area contributed by atoms with Gasteiger partial charge in [0.1, 0.15) is 0 Å². The lowest BCUT2D eigenvalue weighted by molar-refractivity contribution is -0.385. The van der Waals surface area contributed by atoms with E-state index in [9.17, 15) is 10.1 Å². The standard InChI is InChI=1S/C10H13NO2S/c1-3-7-14-10-6-4-5-9(8(10)2)11(12)13/h4-6H,3,7H2,1-2H3. The molecule has 0 spiro atoms. The third-order valence-corrected chi connectivity index (χ3v) is 3.28. The average Bonchev–Trinajstić information content (AvgIpc) is 2.16. The van der Waals surface area contributed by atoms with Crippen molar-refractivity contribution in [2.24, 2.45) is 0 Å². The van der Waals surface area contributed by atoms with Crippen molar-refractivity contribution < 1.29 is 4.92 Å². The van der Waals surface area contributed by atoms with Crippen LogP contribution in [-0.2, 0) is 0 Å². The van der Waals surface area contributed by atoms with Gasteiger partial charge in [0.25, 0.3) is 5.69 Å². The van der Waals surface area contributed by atoms with Crippen molar-refractivity contribution >= 4 is 17.4 Å². The molecule has 0 aliphatic rings. The van der Waals surface area contributed by atoms with Crippen LogP contribution >= 0.6 is 11.8 Å². The molecule has 0 fully saturated rings. The molecule has 0 saturated heterocycles. The molecule has 1 aromatic rings. The zero-order valence-electron chi connectivity index (χ0n) is 8.32. The molecule has 0 aliphatic carbocycles. The van der Waals surface area contributed by atoms with Gasteiger partial charge in [-0.2, -0.15) is 0 Å². The van der Waals surface area contributed by atoms with Crippen LogP contribution in [0, 0.1) is 17.0 Å². The summed E-state index contributed by atoms with van der Waals surface area (Å²) in [4.78, 5) is 11.3. The van der Waals surface area contributed by atoms with Crippen LogP contribution in [0.25, 0.3) is 0 Å². The minimum atomic E-state index is -0.328. The van der Waals surface area contributed by atoms with Crippen LogP contribution in [0.3, 0.4) is 0 Å². The number of hydrogen-bond donors (Lipinski definition) is 0. The second kappa shape index (κ2) is 5.00. The zero-order valence-corrected chi connectivity index (χ0v) is 9.13. The number of hydrogen-bond acceptors (Lipinski definition) is 3. The minimum Gasteiger partial charge on any atom is -0.258 e. The van der Waals surface area contributed by atoms with Gasteiger partial charge in [0.05, 0.1) is 4.92 Å². The SMILES string of the molecule is CCCSc1cccc([N+](=O)[O-])c1C. The second-order valence-electron chi connectivity index (χ2n) is 3.01. The van der Waals surface area contributed by atoms with Crippen molar-refractivity contribution in [1.29, 1.82) is 0 Å². The lowest BCUT2D eigenvalue weighted by Gasteiger charge is -2.04. The van der Waals surface area contributed by atoms with Gasteiger partial charge in [0.15, 0.2) is 0 Å². The van der Waals surface area contributed by atoms with Crippen molar-refractivity contribution in [3.8, 4) is 0 Å². The summed E-state index contributed by atoms with van der Waals surface area (Å²) in [6, 6.07) is 5.22. The molecule has 0 aliphatic heterocycles. The molecule has 0 atom stereocenters. The van der Waals surface area contributed by atoms with Crippen LogP contribution in [0.4, 0.5) is 5.69 Å². The Morgan fingerprint density at radius 2 is 2.21 bits per heavy atom. The Morgan fingerprint density at radius 3 is 2.79 bits per heavy atom. The number of nitrogens with zero attached hydrogens (tertiary/aromatic N) is 1. The van der Waals surface area contributed by atoms with Gasteiger partial charge in [0, 0.05) is 16.5 Å². The molecule has 0 N–H and O–H groups in total. The first kappa shape index (κ1) is 11.0. The van der Waals surface area contributed by atoms with Crippen molar-refractivity contribution in [2.45, 2.75) is 25.2 Å². The largest absolute Gasteiger partial charge is 0.273 e. The van der Waals surface area contributed by atoms with Gasteiger partial charge >= 0.3 is 0 Å². The fraction of sp³-hybridized carbons (Fsp3) is 0.400. The maximum absolute atomic E-state index is 10.6. The van der Waals surface area contributed by atoms with Gasteiger partial charge in [-0.15, -0.1) is 11.8 Å². The summed E-state index contributed by atoms with van der Waals surface area (Å²) in [6.07, 6.45) is 1.08. The van der Waals surface area contributed by atoms with E-state index in [0.717, 1.165) is 22.6 Å². The lowest BCUT2D eigenvalue weighted by Crippen LogP contribution is -1.93. The second-order valence-corrected chi connectivity index (χ2v) is 4.14. The average molecular weight is 211 g/mol. The van der Waals surface area contributed by atoms with E-state index in [0.29, 0.717) is 0 Å². The van der Waals surface area contributed by atoms with E-state index in [1.807, 2.05) is 6.07 Å². The van der Waals surface area contributed by atoms with Crippen LogP contribution in [0.1, 0.15) is 18.9 Å². The van der Waals surface area contributed by atoms with Crippen molar-refractivity contribution in [1.82, 2.24) is 0 Å². The van der Waals surface area contributed by atoms with Crippen LogP contribution in [0.5, 0.6) is 0 Å². The van der Waals surface area contributed by atoms with E-state index < -0.39 is 0 Å². The van der Waals surface area contributed by atoms with Crippen LogP contribution in [-0.4, -0.2) is 10.7 Å². The summed E-state index contributed by atoms with van der Waals surface area (Å²) in [5, 5.41) is 10.6. The highest BCUT2D eigenvalue weighted by atomic mass is 32.2. The fourth-order valence-electron chi connectivity index (χ4n) is 1.17. The Morgan fingerprint density at radius 1 is 1.50 bits per heavy atom. The normalized spacial score (nSPS) is 10.1. The highest BCUT2D eigenvalue weighted by Gasteiger charge is 2.12. The van der Waals surface area contributed by atoms with Crippen LogP contribution in [0.15, 0.2) is 23.1 Å². The molecule has 3 nitrogen and oxygen atoms in total. The smallest absolute Gasteiger partial charge is 0.258 e. The third kappa shape index (κ3) is 2.48. The van der Waals surface area contributed by atoms with E-state index >= 15 is 0 Å². The summed E-state index contributed by atoms with van der Waals surface area (Å²) in [7, 11) is 0. The zero-order chi connectivity index (χ0) is 10.6. The molecular formula is C10H13NO2S. The Kier molecular flexibility index (Phi) is 3.95. The molecule has 0 bridgehead atoms. The van der Waals surface area contributed by atoms with Gasteiger partial charge in [-0.25, -0.2) is 0 Å². The van der Waals surface area contributed by atoms with Gasteiger partial charge in [0.2, 0.25) is 0 Å². The van der Waals surface area contributed by atoms with E-state index in [-0.39, 0.29) is 10.6 Å². The summed E-state index contributed by atoms with van der Waals surface area (Å²) >= 11 is 1.67. The van der Waals surface area contributed by atoms with E-state index in [4.69, 9.17) is 0 Å². The molecule has 4 heteroatoms. The van der Waals surface area contributed by atoms with Crippen LogP contribution in [0.2, 0.25) is 0 Å². The summed E-state index contributed by atoms with van der Waals surface area (Å²) in [5.74, 6) is 1.00. The fourth-order valence-corrected chi connectivity index (χ4v) is 2.09. The van der Waals surface area contributed by atoms with Crippen molar-refractivity contribution in [3.05, 3.63) is 33.9 Å². The lowest BCUT2D eigenvalue weighted by atomic mass is 10.2. The Labute approximate surface area is 87.7 Å². The Hall–Kier alpha value is -1.03. The van der Waals surface area contributed by atoms with E-state index in [1.54, 1.807) is 30.8 Å². The summed E-state index contributed by atoms with van der Waals surface area (Å²) in [6.45, 7) is 3.90. The maximum atomic E-state index is 10.6. The first-order chi connectivity index (χ1) is 6.66. The molecule has 14 heavy (non-hydrogen) atoms. The van der Waals surface area contributed by atoms with Crippen molar-refractivity contribution in [2.75, 3.05) is 5.75 Å². The Bertz CT molecular complexity index is 339. The molecule has 0 radical (unpaired) electrons. The molecule has 0 amide bonds. The molecule has 0 unspecified atom stereocenters. The predicted molar refractivity (Wildman–Crippen MR) is 58.8 cm³/mol. The number of thioether (sulfide) groups is 1. The number of benzene rings is 1. The van der Waals surface area contributed by atoms with E-state index in [1.165, 1.54) is 0 Å². The van der Waals surface area contributed by atoms with E-state index in [2.05, 4.69) is 6.92 Å². The van der Waals surface area contributed by atoms with Crippen molar-refractivity contribution in [3.63, 3.8) is 0 Å². The molecular weight excluding hydrogens is 198 g/mol. The molecule has 76 valence electrons. The monoisotopic (exact) mass is 211 g/mol. The minimum absolute atomic E-state index is 0.214. The predicted octanol–water partition coefficient (Wildman–Crippen LogP) is 3.41. The maximum Gasteiger partial charge on any atom is 0.273 e. The molecule has 1 rings (SSSR count). The quantitative estimate of drug-likeness (QED) is 0.435. The highest BCUT2D eigenvalue weighted by molar-refractivity contribution is 7.99. The first-order valence-corrected chi connectivity index (χ1v) is 5.52. The highest BCUT2D eigenvalue weighted by Crippen LogP contribution is 2.29. The number of nitro benzene ring substituents is 1. The number of nitro groups is 1. The molecule has 0 aromatic heterocycles. The Balaban J connectivity index is 2.95. The number of rotatable bonds is 4. The van der Waals surface area contributed by atoms with Gasteiger partial charge in [-0.05, 0) is 25.2 Å². The summed E-state index contributed by atoms with van der Waals surface area (Å²) < 4.78 is 0. The van der Waals surface area contributed by atoms with Gasteiger partial charge < -0.3 is 0 Å². The third-order valence-electron chi connectivity index (χ3n) is 1.91. The van der Waals surface area contributed by atoms with Gasteiger partial charge in [-0.3, -0.25) is 10.1 Å². The topological polar surface area (TPSA) is 43.1 Å². The first-order valence-electron chi connectivity index (χ1n) is 4.53. The van der Waals surface area contributed by atoms with Crippen LogP contribution < -0.4 is 0 Å².